The van der Waals surface area contributed by atoms with E-state index in [0.29, 0.717) is 12.5 Å². The number of aliphatic hydroxyl groups excluding tert-OH is 2. The number of hydrogen-bond acceptors (Lipinski definition) is 5. The predicted octanol–water partition coefficient (Wildman–Crippen LogP) is -0.811. The van der Waals surface area contributed by atoms with Crippen LogP contribution in [0, 0.1) is 5.92 Å². The summed E-state index contributed by atoms with van der Waals surface area (Å²) in [5, 5.41) is 20.9. The highest BCUT2D eigenvalue weighted by atomic mass is 32.2. The first-order valence-electron chi connectivity index (χ1n) is 4.78. The van der Waals surface area contributed by atoms with Crippen molar-refractivity contribution in [2.24, 2.45) is 5.92 Å². The fourth-order valence-corrected chi connectivity index (χ4v) is 1.43. The van der Waals surface area contributed by atoms with Crippen LogP contribution >= 0.6 is 0 Å². The first-order valence-corrected chi connectivity index (χ1v) is 6.28. The summed E-state index contributed by atoms with van der Waals surface area (Å²) < 4.78 is 29.3. The first kappa shape index (κ1) is 14.8. The van der Waals surface area contributed by atoms with Gasteiger partial charge in [0.05, 0.1) is 0 Å². The topological polar surface area (TPSA) is 107 Å². The third kappa shape index (κ3) is 6.80. The van der Waals surface area contributed by atoms with E-state index in [-0.39, 0.29) is 6.54 Å². The van der Waals surface area contributed by atoms with Gasteiger partial charge in [0.25, 0.3) is 10.1 Å². The third-order valence-corrected chi connectivity index (χ3v) is 2.81. The van der Waals surface area contributed by atoms with Crippen molar-refractivity contribution in [3.63, 3.8) is 0 Å². The van der Waals surface area contributed by atoms with E-state index in [4.69, 9.17) is 14.8 Å². The van der Waals surface area contributed by atoms with E-state index in [2.05, 4.69) is 5.32 Å². The van der Waals surface area contributed by atoms with Crippen molar-refractivity contribution >= 4 is 10.1 Å². The molecule has 92 valence electrons. The van der Waals surface area contributed by atoms with Crippen LogP contribution in [0.25, 0.3) is 0 Å². The summed E-state index contributed by atoms with van der Waals surface area (Å²) in [6.07, 6.45) is -0.638. The van der Waals surface area contributed by atoms with E-state index in [1.807, 2.05) is 13.8 Å². The molecule has 15 heavy (non-hydrogen) atoms. The first-order chi connectivity index (χ1) is 6.75. The molecule has 0 heterocycles. The molecule has 0 aliphatic heterocycles. The van der Waals surface area contributed by atoms with Crippen LogP contribution in [-0.2, 0) is 10.1 Å². The maximum absolute atomic E-state index is 10.4. The minimum absolute atomic E-state index is 0.0757. The summed E-state index contributed by atoms with van der Waals surface area (Å²) in [4.78, 5) is 0. The minimum atomic E-state index is -4.59. The van der Waals surface area contributed by atoms with Crippen molar-refractivity contribution in [1.29, 1.82) is 0 Å². The van der Waals surface area contributed by atoms with Crippen LogP contribution in [0.3, 0.4) is 0 Å². The van der Waals surface area contributed by atoms with Gasteiger partial charge < -0.3 is 15.5 Å². The van der Waals surface area contributed by atoms with E-state index >= 15 is 0 Å². The lowest BCUT2D eigenvalue weighted by molar-refractivity contribution is 0.0622. The van der Waals surface area contributed by atoms with Crippen LogP contribution in [0.15, 0.2) is 0 Å². The fourth-order valence-electron chi connectivity index (χ4n) is 0.940. The van der Waals surface area contributed by atoms with Gasteiger partial charge in [-0.15, -0.1) is 0 Å². The Labute approximate surface area is 90.1 Å². The molecule has 0 aromatic rings. The van der Waals surface area contributed by atoms with Crippen LogP contribution in [0.5, 0.6) is 0 Å². The highest BCUT2D eigenvalue weighted by Gasteiger charge is 2.27. The van der Waals surface area contributed by atoms with E-state index in [1.165, 1.54) is 0 Å². The molecule has 0 spiro atoms. The molecule has 0 saturated heterocycles. The van der Waals surface area contributed by atoms with E-state index in [1.54, 1.807) is 0 Å². The molecule has 2 atom stereocenters. The lowest BCUT2D eigenvalue weighted by Gasteiger charge is -2.16. The smallest absolute Gasteiger partial charge is 0.294 e. The third-order valence-electron chi connectivity index (χ3n) is 1.89. The van der Waals surface area contributed by atoms with Crippen molar-refractivity contribution < 1.29 is 23.2 Å². The Morgan fingerprint density at radius 2 is 1.80 bits per heavy atom. The molecule has 6 nitrogen and oxygen atoms in total. The molecule has 0 aromatic heterocycles. The molecule has 0 aliphatic carbocycles. The van der Waals surface area contributed by atoms with E-state index < -0.39 is 21.7 Å². The number of nitrogens with one attached hydrogen (secondary N) is 1. The molecule has 0 saturated carbocycles. The van der Waals surface area contributed by atoms with Crippen molar-refractivity contribution in [2.45, 2.75) is 31.8 Å². The molecule has 0 rings (SSSR count). The molecule has 4 N–H and O–H groups in total. The Kier molecular flexibility index (Phi) is 6.30. The number of aliphatic hydroxyl groups is 2. The minimum Gasteiger partial charge on any atom is -0.388 e. The van der Waals surface area contributed by atoms with Gasteiger partial charge in [-0.2, -0.15) is 8.42 Å². The van der Waals surface area contributed by atoms with Gasteiger partial charge in [-0.1, -0.05) is 13.8 Å². The maximum Gasteiger partial charge on any atom is 0.294 e. The van der Waals surface area contributed by atoms with Crippen molar-refractivity contribution in [2.75, 3.05) is 13.1 Å². The zero-order valence-electron chi connectivity index (χ0n) is 8.92. The molecule has 0 fully saturated rings. The normalized spacial score (nSPS) is 16.7. The largest absolute Gasteiger partial charge is 0.388 e. The molecule has 0 radical (unpaired) electrons. The summed E-state index contributed by atoms with van der Waals surface area (Å²) >= 11 is 0. The SMILES string of the molecule is CC(C)CCNCC(O)C(O)S(=O)(=O)O. The van der Waals surface area contributed by atoms with Crippen LogP contribution in [0.2, 0.25) is 0 Å². The second-order valence-electron chi connectivity index (χ2n) is 3.86. The monoisotopic (exact) mass is 241 g/mol. The molecule has 0 aliphatic rings. The molecule has 0 amide bonds. The second-order valence-corrected chi connectivity index (χ2v) is 5.37. The van der Waals surface area contributed by atoms with Gasteiger partial charge in [-0.25, -0.2) is 0 Å². The highest BCUT2D eigenvalue weighted by Crippen LogP contribution is 2.01. The Balaban J connectivity index is 3.80. The van der Waals surface area contributed by atoms with Crippen molar-refractivity contribution in [3.8, 4) is 0 Å². The average Bonchev–Trinajstić information content (AvgIpc) is 2.09. The van der Waals surface area contributed by atoms with Crippen LogP contribution < -0.4 is 5.32 Å². The standard InChI is InChI=1S/C8H19NO5S/c1-6(2)3-4-9-5-7(10)8(11)15(12,13)14/h6-11H,3-5H2,1-2H3,(H,12,13,14). The van der Waals surface area contributed by atoms with Crippen molar-refractivity contribution in [1.82, 2.24) is 5.32 Å². The van der Waals surface area contributed by atoms with Gasteiger partial charge in [-0.3, -0.25) is 4.55 Å². The molecule has 2 unspecified atom stereocenters. The van der Waals surface area contributed by atoms with Gasteiger partial charge >= 0.3 is 0 Å². The Hall–Kier alpha value is -0.210. The summed E-state index contributed by atoms with van der Waals surface area (Å²) in [6.45, 7) is 4.61. The van der Waals surface area contributed by atoms with Gasteiger partial charge in [0, 0.05) is 6.54 Å². The highest BCUT2D eigenvalue weighted by molar-refractivity contribution is 7.86. The quantitative estimate of drug-likeness (QED) is 0.343. The molecular weight excluding hydrogens is 222 g/mol. The van der Waals surface area contributed by atoms with Gasteiger partial charge in [0.1, 0.15) is 6.10 Å². The van der Waals surface area contributed by atoms with E-state index in [0.717, 1.165) is 6.42 Å². The zero-order valence-corrected chi connectivity index (χ0v) is 9.74. The molecule has 0 bridgehead atoms. The second kappa shape index (κ2) is 6.39. The Morgan fingerprint density at radius 1 is 1.27 bits per heavy atom. The van der Waals surface area contributed by atoms with Gasteiger partial charge in [0.2, 0.25) is 5.44 Å². The molecular formula is C8H19NO5S. The van der Waals surface area contributed by atoms with Crippen LogP contribution in [-0.4, -0.2) is 47.8 Å². The molecule has 0 aromatic carbocycles. The maximum atomic E-state index is 10.4. The number of hydrogen-bond donors (Lipinski definition) is 4. The Morgan fingerprint density at radius 3 is 2.20 bits per heavy atom. The summed E-state index contributed by atoms with van der Waals surface area (Å²) in [7, 11) is -4.59. The summed E-state index contributed by atoms with van der Waals surface area (Å²) in [5.41, 5.74) is -2.15. The average molecular weight is 241 g/mol. The predicted molar refractivity (Wildman–Crippen MR) is 55.9 cm³/mol. The lowest BCUT2D eigenvalue weighted by Crippen LogP contribution is -2.41. The van der Waals surface area contributed by atoms with Crippen LogP contribution in [0.1, 0.15) is 20.3 Å². The van der Waals surface area contributed by atoms with E-state index in [9.17, 15) is 8.42 Å². The van der Waals surface area contributed by atoms with Crippen molar-refractivity contribution in [3.05, 3.63) is 0 Å². The fraction of sp³-hybridized carbons (Fsp3) is 1.00. The lowest BCUT2D eigenvalue weighted by atomic mass is 10.1. The summed E-state index contributed by atoms with van der Waals surface area (Å²) in [5.74, 6) is 0.501. The van der Waals surface area contributed by atoms with Gasteiger partial charge in [0.15, 0.2) is 0 Å². The number of rotatable bonds is 7. The Bertz CT molecular complexity index is 264. The van der Waals surface area contributed by atoms with Gasteiger partial charge in [-0.05, 0) is 18.9 Å². The molecule has 7 heteroatoms. The summed E-state index contributed by atoms with van der Waals surface area (Å²) in [6, 6.07) is 0. The van der Waals surface area contributed by atoms with Crippen LogP contribution in [0.4, 0.5) is 0 Å². The zero-order chi connectivity index (χ0) is 12.1.